The van der Waals surface area contributed by atoms with E-state index in [9.17, 15) is 0 Å². The highest BCUT2D eigenvalue weighted by atomic mass is 16.5. The van der Waals surface area contributed by atoms with Crippen LogP contribution in [-0.4, -0.2) is 25.4 Å². The van der Waals surface area contributed by atoms with E-state index < -0.39 is 0 Å². The summed E-state index contributed by atoms with van der Waals surface area (Å²) in [6.07, 6.45) is 1.51. The maximum atomic E-state index is 5.92. The molecule has 0 aliphatic heterocycles. The highest BCUT2D eigenvalue weighted by Gasteiger charge is 2.17. The molecular weight excluding hydrogens is 250 g/mol. The van der Waals surface area contributed by atoms with E-state index >= 15 is 0 Å². The summed E-state index contributed by atoms with van der Waals surface area (Å²) in [6, 6.07) is 8.40. The fourth-order valence-corrected chi connectivity index (χ4v) is 2.00. The number of nitrogens with one attached hydrogen (secondary N) is 1. The number of para-hydroxylation sites is 1. The van der Waals surface area contributed by atoms with Crippen molar-refractivity contribution in [3.8, 4) is 5.75 Å². The SMILES string of the molecule is CCCNC(COC(C)C)c1ccccc1OC(C)C. The van der Waals surface area contributed by atoms with Gasteiger partial charge in [0.1, 0.15) is 5.75 Å². The van der Waals surface area contributed by atoms with Crippen molar-refractivity contribution in [2.45, 2.75) is 59.3 Å². The minimum absolute atomic E-state index is 0.173. The summed E-state index contributed by atoms with van der Waals surface area (Å²) >= 11 is 0. The Morgan fingerprint density at radius 3 is 2.35 bits per heavy atom. The Morgan fingerprint density at radius 1 is 1.05 bits per heavy atom. The van der Waals surface area contributed by atoms with Crippen LogP contribution in [0.1, 0.15) is 52.6 Å². The zero-order valence-electron chi connectivity index (χ0n) is 13.5. The van der Waals surface area contributed by atoms with Gasteiger partial charge in [0.25, 0.3) is 0 Å². The number of hydrogen-bond donors (Lipinski definition) is 1. The van der Waals surface area contributed by atoms with Gasteiger partial charge in [0, 0.05) is 5.56 Å². The second-order valence-corrected chi connectivity index (χ2v) is 5.59. The van der Waals surface area contributed by atoms with Gasteiger partial charge in [0.05, 0.1) is 24.9 Å². The van der Waals surface area contributed by atoms with Gasteiger partial charge < -0.3 is 14.8 Å². The normalized spacial score (nSPS) is 12.9. The smallest absolute Gasteiger partial charge is 0.124 e. The minimum atomic E-state index is 0.173. The molecule has 1 rings (SSSR count). The van der Waals surface area contributed by atoms with Crippen molar-refractivity contribution in [3.05, 3.63) is 29.8 Å². The van der Waals surface area contributed by atoms with Crippen LogP contribution in [0, 0.1) is 0 Å². The van der Waals surface area contributed by atoms with Gasteiger partial charge in [-0.1, -0.05) is 25.1 Å². The molecule has 1 unspecified atom stereocenters. The summed E-state index contributed by atoms with van der Waals surface area (Å²) in [5.74, 6) is 0.948. The van der Waals surface area contributed by atoms with Crippen molar-refractivity contribution < 1.29 is 9.47 Å². The lowest BCUT2D eigenvalue weighted by molar-refractivity contribution is 0.0602. The van der Waals surface area contributed by atoms with Gasteiger partial charge in [0.2, 0.25) is 0 Å². The molecule has 0 spiro atoms. The summed E-state index contributed by atoms with van der Waals surface area (Å²) in [7, 11) is 0. The van der Waals surface area contributed by atoms with Crippen LogP contribution in [0.2, 0.25) is 0 Å². The van der Waals surface area contributed by atoms with Gasteiger partial charge in [-0.05, 0) is 46.7 Å². The van der Waals surface area contributed by atoms with Crippen molar-refractivity contribution in [1.29, 1.82) is 0 Å². The fourth-order valence-electron chi connectivity index (χ4n) is 2.00. The largest absolute Gasteiger partial charge is 0.491 e. The third-order valence-corrected chi connectivity index (χ3v) is 2.89. The zero-order chi connectivity index (χ0) is 15.0. The van der Waals surface area contributed by atoms with Crippen molar-refractivity contribution in [2.75, 3.05) is 13.2 Å². The standard InChI is InChI=1S/C17H29NO2/c1-6-11-18-16(12-19-13(2)3)15-9-7-8-10-17(15)20-14(4)5/h7-10,13-14,16,18H,6,11-12H2,1-5H3. The third-order valence-electron chi connectivity index (χ3n) is 2.89. The molecule has 0 saturated heterocycles. The van der Waals surface area contributed by atoms with Gasteiger partial charge in [-0.25, -0.2) is 0 Å². The summed E-state index contributed by atoms with van der Waals surface area (Å²) in [5, 5.41) is 3.55. The van der Waals surface area contributed by atoms with Crippen LogP contribution in [0.5, 0.6) is 5.75 Å². The van der Waals surface area contributed by atoms with Gasteiger partial charge in [-0.2, -0.15) is 0 Å². The number of rotatable bonds is 9. The molecule has 0 aliphatic carbocycles. The predicted molar refractivity (Wildman–Crippen MR) is 84.3 cm³/mol. The molecule has 20 heavy (non-hydrogen) atoms. The Labute approximate surface area is 123 Å². The van der Waals surface area contributed by atoms with Gasteiger partial charge in [0.15, 0.2) is 0 Å². The Kier molecular flexibility index (Phi) is 7.63. The van der Waals surface area contributed by atoms with E-state index in [0.717, 1.165) is 18.7 Å². The first-order valence-corrected chi connectivity index (χ1v) is 7.65. The van der Waals surface area contributed by atoms with Gasteiger partial charge >= 0.3 is 0 Å². The fraction of sp³-hybridized carbons (Fsp3) is 0.647. The maximum absolute atomic E-state index is 5.92. The van der Waals surface area contributed by atoms with E-state index in [-0.39, 0.29) is 18.2 Å². The predicted octanol–water partition coefficient (Wildman–Crippen LogP) is 3.94. The molecule has 3 nitrogen and oxygen atoms in total. The van der Waals surface area contributed by atoms with E-state index in [0.29, 0.717) is 6.61 Å². The molecule has 0 heterocycles. The van der Waals surface area contributed by atoms with Crippen molar-refractivity contribution in [3.63, 3.8) is 0 Å². The van der Waals surface area contributed by atoms with Crippen molar-refractivity contribution in [1.82, 2.24) is 5.32 Å². The van der Waals surface area contributed by atoms with Crippen molar-refractivity contribution >= 4 is 0 Å². The zero-order valence-corrected chi connectivity index (χ0v) is 13.5. The molecule has 0 bridgehead atoms. The summed E-state index contributed by atoms with van der Waals surface area (Å²) in [4.78, 5) is 0. The van der Waals surface area contributed by atoms with Gasteiger partial charge in [-0.3, -0.25) is 0 Å². The van der Waals surface area contributed by atoms with E-state index in [1.807, 2.05) is 12.1 Å². The average Bonchev–Trinajstić information content (AvgIpc) is 2.39. The molecule has 3 heteroatoms. The van der Waals surface area contributed by atoms with Crippen LogP contribution in [-0.2, 0) is 4.74 Å². The maximum Gasteiger partial charge on any atom is 0.124 e. The van der Waals surface area contributed by atoms with Gasteiger partial charge in [-0.15, -0.1) is 0 Å². The molecule has 0 fully saturated rings. The summed E-state index contributed by atoms with van der Waals surface area (Å²) in [6.45, 7) is 12.0. The lowest BCUT2D eigenvalue weighted by Crippen LogP contribution is -2.28. The van der Waals surface area contributed by atoms with E-state index in [2.05, 4.69) is 52.1 Å². The Balaban J connectivity index is 2.87. The first-order valence-electron chi connectivity index (χ1n) is 7.65. The molecule has 0 amide bonds. The Morgan fingerprint density at radius 2 is 1.75 bits per heavy atom. The second-order valence-electron chi connectivity index (χ2n) is 5.59. The molecule has 1 N–H and O–H groups in total. The first-order chi connectivity index (χ1) is 9.54. The molecule has 0 saturated carbocycles. The molecule has 1 aromatic rings. The van der Waals surface area contributed by atoms with Crippen LogP contribution in [0.15, 0.2) is 24.3 Å². The van der Waals surface area contributed by atoms with E-state index in [1.54, 1.807) is 0 Å². The molecule has 0 radical (unpaired) electrons. The highest BCUT2D eigenvalue weighted by molar-refractivity contribution is 5.36. The second kappa shape index (κ2) is 8.98. The van der Waals surface area contributed by atoms with Crippen LogP contribution < -0.4 is 10.1 Å². The summed E-state index contributed by atoms with van der Waals surface area (Å²) in [5.41, 5.74) is 1.18. The molecule has 0 aliphatic rings. The quantitative estimate of drug-likeness (QED) is 0.742. The number of hydrogen-bond acceptors (Lipinski definition) is 3. The van der Waals surface area contributed by atoms with E-state index in [1.165, 1.54) is 5.56 Å². The van der Waals surface area contributed by atoms with E-state index in [4.69, 9.17) is 9.47 Å². The molecule has 1 atom stereocenters. The monoisotopic (exact) mass is 279 g/mol. The number of ether oxygens (including phenoxy) is 2. The third kappa shape index (κ3) is 5.93. The lowest BCUT2D eigenvalue weighted by Gasteiger charge is -2.23. The van der Waals surface area contributed by atoms with Crippen LogP contribution in [0.3, 0.4) is 0 Å². The Bertz CT molecular complexity index is 377. The van der Waals surface area contributed by atoms with Crippen LogP contribution >= 0.6 is 0 Å². The Hall–Kier alpha value is -1.06. The topological polar surface area (TPSA) is 30.5 Å². The average molecular weight is 279 g/mol. The molecule has 1 aromatic carbocycles. The summed E-state index contributed by atoms with van der Waals surface area (Å²) < 4.78 is 11.7. The van der Waals surface area contributed by atoms with Crippen molar-refractivity contribution in [2.24, 2.45) is 0 Å². The molecule has 0 aromatic heterocycles. The molecular formula is C17H29NO2. The van der Waals surface area contributed by atoms with Crippen LogP contribution in [0.25, 0.3) is 0 Å². The number of benzene rings is 1. The molecule has 114 valence electrons. The highest BCUT2D eigenvalue weighted by Crippen LogP contribution is 2.26. The minimum Gasteiger partial charge on any atom is -0.491 e. The lowest BCUT2D eigenvalue weighted by atomic mass is 10.1. The first kappa shape index (κ1) is 17.0. The van der Waals surface area contributed by atoms with Crippen LogP contribution in [0.4, 0.5) is 0 Å².